The van der Waals surface area contributed by atoms with Crippen molar-refractivity contribution in [2.24, 2.45) is 7.05 Å². The Hall–Kier alpha value is -2.93. The van der Waals surface area contributed by atoms with E-state index in [9.17, 15) is 4.79 Å². The molecule has 7 heteroatoms. The molecule has 0 saturated heterocycles. The third kappa shape index (κ3) is 2.48. The maximum absolute atomic E-state index is 12.5. The number of hydrogen-bond acceptors (Lipinski definition) is 4. The molecule has 4 rings (SSSR count). The van der Waals surface area contributed by atoms with Gasteiger partial charge in [-0.15, -0.1) is 11.3 Å². The number of aromatic amines is 1. The summed E-state index contributed by atoms with van der Waals surface area (Å²) in [6, 6.07) is 9.38. The summed E-state index contributed by atoms with van der Waals surface area (Å²) < 4.78 is 2.00. The van der Waals surface area contributed by atoms with E-state index in [4.69, 9.17) is 0 Å². The van der Waals surface area contributed by atoms with Crippen molar-refractivity contribution in [1.82, 2.24) is 19.5 Å². The van der Waals surface area contributed by atoms with E-state index in [1.54, 1.807) is 12.1 Å². The van der Waals surface area contributed by atoms with Crippen molar-refractivity contribution in [2.45, 2.75) is 6.92 Å². The highest BCUT2D eigenvalue weighted by Crippen LogP contribution is 2.24. The number of thiazole rings is 1. The fraction of sp³-hybridized carbons (Fsp3) is 0.118. The minimum atomic E-state index is -0.187. The fourth-order valence-corrected chi connectivity index (χ4v) is 3.28. The van der Waals surface area contributed by atoms with Crippen LogP contribution in [0.15, 0.2) is 41.9 Å². The van der Waals surface area contributed by atoms with Crippen LogP contribution in [0, 0.1) is 6.92 Å². The van der Waals surface area contributed by atoms with Crippen LogP contribution in [0.1, 0.15) is 16.2 Å². The van der Waals surface area contributed by atoms with E-state index in [1.807, 2.05) is 48.3 Å². The first kappa shape index (κ1) is 14.6. The van der Waals surface area contributed by atoms with Crippen LogP contribution in [-0.2, 0) is 7.05 Å². The molecule has 0 aliphatic carbocycles. The van der Waals surface area contributed by atoms with Gasteiger partial charge in [0, 0.05) is 24.2 Å². The Bertz CT molecular complexity index is 1030. The number of H-pyrrole nitrogens is 1. The molecule has 24 heavy (non-hydrogen) atoms. The van der Waals surface area contributed by atoms with Gasteiger partial charge in [-0.25, -0.2) is 9.97 Å². The molecule has 0 unspecified atom stereocenters. The largest absolute Gasteiger partial charge is 0.360 e. The first-order chi connectivity index (χ1) is 11.6. The molecule has 4 aromatic rings. The van der Waals surface area contributed by atoms with Gasteiger partial charge in [0.1, 0.15) is 5.82 Å². The van der Waals surface area contributed by atoms with Gasteiger partial charge in [0.2, 0.25) is 0 Å². The van der Waals surface area contributed by atoms with Gasteiger partial charge in [0.05, 0.1) is 22.4 Å². The van der Waals surface area contributed by atoms with Gasteiger partial charge in [-0.3, -0.25) is 10.1 Å². The molecule has 1 aromatic carbocycles. The quantitative estimate of drug-likeness (QED) is 0.600. The standard InChI is InChI=1S/C17H15N5OS/c1-10-19-13-8-11(5-6-15(13)22(10)2)16(23)21-17-20-14(9-24-17)12-4-3-7-18-12/h3-9,18H,1-2H3,(H,20,21,23). The second-order valence-corrected chi connectivity index (χ2v) is 6.36. The Balaban J connectivity index is 1.58. The average Bonchev–Trinajstić information content (AvgIpc) is 3.29. The van der Waals surface area contributed by atoms with Crippen molar-refractivity contribution < 1.29 is 4.79 Å². The number of aromatic nitrogens is 4. The van der Waals surface area contributed by atoms with E-state index >= 15 is 0 Å². The molecule has 0 fully saturated rings. The fourth-order valence-electron chi connectivity index (χ4n) is 2.58. The zero-order chi connectivity index (χ0) is 16.7. The van der Waals surface area contributed by atoms with E-state index in [0.717, 1.165) is 28.2 Å². The molecular formula is C17H15N5OS. The van der Waals surface area contributed by atoms with Gasteiger partial charge in [0.25, 0.3) is 5.91 Å². The summed E-state index contributed by atoms with van der Waals surface area (Å²) in [5, 5.41) is 5.33. The van der Waals surface area contributed by atoms with Crippen LogP contribution < -0.4 is 5.32 Å². The van der Waals surface area contributed by atoms with E-state index in [0.29, 0.717) is 10.7 Å². The lowest BCUT2D eigenvalue weighted by molar-refractivity contribution is 0.102. The normalized spacial score (nSPS) is 11.1. The maximum atomic E-state index is 12.5. The first-order valence-corrected chi connectivity index (χ1v) is 8.33. The Morgan fingerprint density at radius 1 is 1.29 bits per heavy atom. The molecule has 3 aromatic heterocycles. The number of carbonyl (C=O) groups is 1. The summed E-state index contributed by atoms with van der Waals surface area (Å²) in [5.74, 6) is 0.727. The Labute approximate surface area is 142 Å². The summed E-state index contributed by atoms with van der Waals surface area (Å²) in [5.41, 5.74) is 4.13. The summed E-state index contributed by atoms with van der Waals surface area (Å²) in [4.78, 5) is 24.5. The second kappa shape index (κ2) is 5.61. The van der Waals surface area contributed by atoms with Crippen LogP contribution in [0.4, 0.5) is 5.13 Å². The first-order valence-electron chi connectivity index (χ1n) is 7.45. The molecule has 0 radical (unpaired) electrons. The molecule has 3 heterocycles. The molecule has 2 N–H and O–H groups in total. The molecule has 0 aliphatic heterocycles. The molecule has 6 nitrogen and oxygen atoms in total. The van der Waals surface area contributed by atoms with Crippen molar-refractivity contribution in [3.63, 3.8) is 0 Å². The molecule has 0 saturated carbocycles. The van der Waals surface area contributed by atoms with Crippen LogP contribution >= 0.6 is 11.3 Å². The number of amides is 1. The summed E-state index contributed by atoms with van der Waals surface area (Å²) in [6.07, 6.45) is 1.84. The van der Waals surface area contributed by atoms with Crippen molar-refractivity contribution in [2.75, 3.05) is 5.32 Å². The lowest BCUT2D eigenvalue weighted by atomic mass is 10.2. The number of imidazole rings is 1. The molecule has 1 amide bonds. The van der Waals surface area contributed by atoms with Crippen molar-refractivity contribution in [3.8, 4) is 11.4 Å². The van der Waals surface area contributed by atoms with Crippen LogP contribution in [0.5, 0.6) is 0 Å². The van der Waals surface area contributed by atoms with Gasteiger partial charge in [0.15, 0.2) is 5.13 Å². The number of anilines is 1. The van der Waals surface area contributed by atoms with Gasteiger partial charge in [-0.1, -0.05) is 0 Å². The van der Waals surface area contributed by atoms with E-state index in [1.165, 1.54) is 11.3 Å². The minimum Gasteiger partial charge on any atom is -0.360 e. The van der Waals surface area contributed by atoms with Gasteiger partial charge >= 0.3 is 0 Å². The molecule has 0 bridgehead atoms. The predicted molar refractivity (Wildman–Crippen MR) is 95.3 cm³/mol. The topological polar surface area (TPSA) is 75.6 Å². The predicted octanol–water partition coefficient (Wildman–Crippen LogP) is 3.59. The maximum Gasteiger partial charge on any atom is 0.257 e. The van der Waals surface area contributed by atoms with Gasteiger partial charge < -0.3 is 9.55 Å². The Kier molecular flexibility index (Phi) is 3.42. The molecular weight excluding hydrogens is 322 g/mol. The zero-order valence-electron chi connectivity index (χ0n) is 13.2. The van der Waals surface area contributed by atoms with Crippen molar-refractivity contribution in [3.05, 3.63) is 53.3 Å². The van der Waals surface area contributed by atoms with Gasteiger partial charge in [-0.05, 0) is 37.3 Å². The highest BCUT2D eigenvalue weighted by molar-refractivity contribution is 7.14. The second-order valence-electron chi connectivity index (χ2n) is 5.50. The van der Waals surface area contributed by atoms with Gasteiger partial charge in [-0.2, -0.15) is 0 Å². The number of rotatable bonds is 3. The van der Waals surface area contributed by atoms with E-state index in [2.05, 4.69) is 20.3 Å². The summed E-state index contributed by atoms with van der Waals surface area (Å²) in [6.45, 7) is 1.94. The van der Waals surface area contributed by atoms with Crippen LogP contribution in [0.25, 0.3) is 22.4 Å². The third-order valence-electron chi connectivity index (χ3n) is 3.97. The smallest absolute Gasteiger partial charge is 0.257 e. The highest BCUT2D eigenvalue weighted by Gasteiger charge is 2.12. The molecule has 0 aliphatic rings. The lowest BCUT2D eigenvalue weighted by Gasteiger charge is -2.02. The van der Waals surface area contributed by atoms with E-state index < -0.39 is 0 Å². The van der Waals surface area contributed by atoms with Crippen LogP contribution in [0.2, 0.25) is 0 Å². The molecule has 120 valence electrons. The highest BCUT2D eigenvalue weighted by atomic mass is 32.1. The van der Waals surface area contributed by atoms with Crippen LogP contribution in [-0.4, -0.2) is 25.4 Å². The summed E-state index contributed by atoms with van der Waals surface area (Å²) in [7, 11) is 1.96. The number of benzene rings is 1. The number of nitrogens with one attached hydrogen (secondary N) is 2. The number of fused-ring (bicyclic) bond motifs is 1. The van der Waals surface area contributed by atoms with Crippen molar-refractivity contribution >= 4 is 33.4 Å². The average molecular weight is 337 g/mol. The monoisotopic (exact) mass is 337 g/mol. The van der Waals surface area contributed by atoms with Crippen LogP contribution in [0.3, 0.4) is 0 Å². The molecule has 0 atom stereocenters. The lowest BCUT2D eigenvalue weighted by Crippen LogP contribution is -2.11. The third-order valence-corrected chi connectivity index (χ3v) is 4.72. The number of aryl methyl sites for hydroxylation is 2. The SMILES string of the molecule is Cc1nc2cc(C(=O)Nc3nc(-c4ccc[nH]4)cs3)ccc2n1C. The number of carbonyl (C=O) groups excluding carboxylic acids is 1. The Morgan fingerprint density at radius 3 is 2.96 bits per heavy atom. The minimum absolute atomic E-state index is 0.187. The molecule has 0 spiro atoms. The Morgan fingerprint density at radius 2 is 2.17 bits per heavy atom. The number of nitrogens with zero attached hydrogens (tertiary/aromatic N) is 3. The zero-order valence-corrected chi connectivity index (χ0v) is 14.0. The van der Waals surface area contributed by atoms with E-state index in [-0.39, 0.29) is 5.91 Å². The number of hydrogen-bond donors (Lipinski definition) is 2. The summed E-state index contributed by atoms with van der Waals surface area (Å²) >= 11 is 1.40. The van der Waals surface area contributed by atoms with Crippen molar-refractivity contribution in [1.29, 1.82) is 0 Å².